The maximum Gasteiger partial charge on any atom is 0.258 e. The van der Waals surface area contributed by atoms with Crippen LogP contribution in [0.2, 0.25) is 0 Å². The van der Waals surface area contributed by atoms with Crippen molar-refractivity contribution >= 4 is 54.9 Å². The van der Waals surface area contributed by atoms with E-state index in [1.165, 1.54) is 10.8 Å². The maximum atomic E-state index is 12.5. The highest BCUT2D eigenvalue weighted by atomic mass is 17.2. The fraction of sp³-hybridized carbons (Fsp3) is 0.0833. The van der Waals surface area contributed by atoms with Gasteiger partial charge in [-0.2, -0.15) is 0 Å². The fourth-order valence-electron chi connectivity index (χ4n) is 5.10. The summed E-state index contributed by atoms with van der Waals surface area (Å²) >= 11 is 0. The normalized spacial score (nSPS) is 16.1. The second-order valence-electron chi connectivity index (χ2n) is 7.67. The van der Waals surface area contributed by atoms with Crippen molar-refractivity contribution in [1.29, 1.82) is 0 Å². The summed E-state index contributed by atoms with van der Waals surface area (Å²) in [7, 11) is 0. The molecule has 0 radical (unpaired) electrons. The third-order valence-electron chi connectivity index (χ3n) is 6.30. The number of carbonyl (C=O) groups is 2. The third kappa shape index (κ3) is 1.77. The topological polar surface area (TPSA) is 64.6 Å². The molecule has 29 heavy (non-hydrogen) atoms. The SMILES string of the molecule is O=C1NC(=O)c2ccc3c4ccc5c6c(ccc(c7ccc1c2c73)c64)COOC5. The van der Waals surface area contributed by atoms with E-state index >= 15 is 0 Å². The van der Waals surface area contributed by atoms with Gasteiger partial charge in [-0.05, 0) is 61.0 Å². The molecule has 5 heteroatoms. The molecule has 0 bridgehead atoms. The number of hydrogen-bond donors (Lipinski definition) is 1. The molecule has 2 heterocycles. The van der Waals surface area contributed by atoms with Crippen LogP contribution in [-0.2, 0) is 23.0 Å². The number of benzene rings is 5. The summed E-state index contributed by atoms with van der Waals surface area (Å²) in [6.07, 6.45) is 0. The smallest absolute Gasteiger partial charge is 0.258 e. The fourth-order valence-corrected chi connectivity index (χ4v) is 5.10. The quantitative estimate of drug-likeness (QED) is 0.185. The first-order valence-electron chi connectivity index (χ1n) is 9.50. The van der Waals surface area contributed by atoms with Gasteiger partial charge in [-0.3, -0.25) is 14.9 Å². The second kappa shape index (κ2) is 5.08. The van der Waals surface area contributed by atoms with Crippen molar-refractivity contribution in [2.45, 2.75) is 13.2 Å². The molecule has 0 spiro atoms. The minimum absolute atomic E-state index is 0.340. The summed E-state index contributed by atoms with van der Waals surface area (Å²) in [5.41, 5.74) is 3.30. The standard InChI is InChI=1S/C24H13NO4/c26-23-17-7-5-15-13-3-1-11-9-28-29-10-12-2-4-14(20(13)19(11)12)16-6-8-18(24(27)25-23)22(17)21(15)16/h1-8H,9-10H2,(H,25,26,27). The third-order valence-corrected chi connectivity index (χ3v) is 6.30. The molecule has 0 saturated carbocycles. The van der Waals surface area contributed by atoms with Crippen LogP contribution in [-0.4, -0.2) is 11.8 Å². The van der Waals surface area contributed by atoms with Gasteiger partial charge in [0.2, 0.25) is 0 Å². The van der Waals surface area contributed by atoms with E-state index in [1.54, 1.807) is 0 Å². The van der Waals surface area contributed by atoms with Crippen molar-refractivity contribution in [3.05, 3.63) is 70.8 Å². The van der Waals surface area contributed by atoms with Crippen LogP contribution in [0, 0.1) is 0 Å². The highest BCUT2D eigenvalue weighted by molar-refractivity contribution is 6.38. The molecule has 0 atom stereocenters. The summed E-state index contributed by atoms with van der Waals surface area (Å²) < 4.78 is 0. The molecule has 0 fully saturated rings. The zero-order valence-electron chi connectivity index (χ0n) is 15.2. The van der Waals surface area contributed by atoms with E-state index in [0.717, 1.165) is 43.4 Å². The van der Waals surface area contributed by atoms with Crippen molar-refractivity contribution in [2.75, 3.05) is 0 Å². The van der Waals surface area contributed by atoms with Crippen molar-refractivity contribution in [3.63, 3.8) is 0 Å². The maximum absolute atomic E-state index is 12.5. The van der Waals surface area contributed by atoms with E-state index < -0.39 is 0 Å². The van der Waals surface area contributed by atoms with E-state index in [-0.39, 0.29) is 11.8 Å². The molecule has 0 aromatic heterocycles. The summed E-state index contributed by atoms with van der Waals surface area (Å²) in [6.45, 7) is 0.810. The lowest BCUT2D eigenvalue weighted by Crippen LogP contribution is -2.34. The van der Waals surface area contributed by atoms with Gasteiger partial charge >= 0.3 is 0 Å². The van der Waals surface area contributed by atoms with Crippen LogP contribution in [0.3, 0.4) is 0 Å². The lowest BCUT2D eigenvalue weighted by Gasteiger charge is -2.21. The first kappa shape index (κ1) is 15.4. The number of rotatable bonds is 0. The molecule has 5 aromatic rings. The van der Waals surface area contributed by atoms with Crippen molar-refractivity contribution in [2.24, 2.45) is 0 Å². The molecule has 138 valence electrons. The van der Waals surface area contributed by atoms with Crippen LogP contribution in [0.25, 0.3) is 43.1 Å². The highest BCUT2D eigenvalue weighted by Crippen LogP contribution is 2.44. The number of imide groups is 1. The summed E-state index contributed by atoms with van der Waals surface area (Å²) in [5.74, 6) is -0.680. The van der Waals surface area contributed by atoms with Crippen LogP contribution in [0.5, 0.6) is 0 Å². The largest absolute Gasteiger partial charge is 0.288 e. The molecule has 7 rings (SSSR count). The van der Waals surface area contributed by atoms with Crippen LogP contribution in [0.1, 0.15) is 31.8 Å². The first-order chi connectivity index (χ1) is 14.2. The number of carbonyl (C=O) groups excluding carboxylic acids is 2. The Hall–Kier alpha value is -3.54. The molecular weight excluding hydrogens is 366 g/mol. The average Bonchev–Trinajstić information content (AvgIpc) is 2.96. The van der Waals surface area contributed by atoms with Gasteiger partial charge in [0, 0.05) is 16.5 Å². The van der Waals surface area contributed by atoms with Gasteiger partial charge in [-0.25, -0.2) is 9.78 Å². The van der Waals surface area contributed by atoms with E-state index in [0.29, 0.717) is 24.3 Å². The van der Waals surface area contributed by atoms with E-state index in [1.807, 2.05) is 24.3 Å². The Balaban J connectivity index is 1.80. The molecular formula is C24H13NO4. The van der Waals surface area contributed by atoms with Crippen LogP contribution >= 0.6 is 0 Å². The number of amides is 2. The predicted octanol–water partition coefficient (Wildman–Crippen LogP) is 4.58. The number of hydrogen-bond acceptors (Lipinski definition) is 4. The molecule has 5 aromatic carbocycles. The lowest BCUT2D eigenvalue weighted by atomic mass is 9.83. The molecule has 2 aliphatic heterocycles. The Bertz CT molecular complexity index is 1460. The molecule has 0 saturated heterocycles. The van der Waals surface area contributed by atoms with Gasteiger partial charge in [0.05, 0.1) is 0 Å². The lowest BCUT2D eigenvalue weighted by molar-refractivity contribution is -0.311. The van der Waals surface area contributed by atoms with Gasteiger partial charge < -0.3 is 0 Å². The highest BCUT2D eigenvalue weighted by Gasteiger charge is 2.28. The van der Waals surface area contributed by atoms with Crippen LogP contribution < -0.4 is 5.32 Å². The molecule has 0 unspecified atom stereocenters. The van der Waals surface area contributed by atoms with Crippen molar-refractivity contribution in [1.82, 2.24) is 5.32 Å². The molecule has 5 nitrogen and oxygen atoms in total. The van der Waals surface area contributed by atoms with Gasteiger partial charge in [0.15, 0.2) is 0 Å². The minimum atomic E-state index is -0.340. The minimum Gasteiger partial charge on any atom is -0.288 e. The van der Waals surface area contributed by atoms with Crippen LogP contribution in [0.15, 0.2) is 48.5 Å². The Morgan fingerprint density at radius 2 is 1.00 bits per heavy atom. The van der Waals surface area contributed by atoms with Crippen LogP contribution in [0.4, 0.5) is 0 Å². The summed E-state index contributed by atoms with van der Waals surface area (Å²) in [6, 6.07) is 16.0. The zero-order chi connectivity index (χ0) is 19.3. The van der Waals surface area contributed by atoms with Crippen molar-refractivity contribution < 1.29 is 19.4 Å². The molecule has 2 aliphatic rings. The Labute approximate surface area is 164 Å². The zero-order valence-corrected chi connectivity index (χ0v) is 15.2. The monoisotopic (exact) mass is 379 g/mol. The van der Waals surface area contributed by atoms with Gasteiger partial charge in [-0.1, -0.05) is 36.4 Å². The second-order valence-corrected chi connectivity index (χ2v) is 7.67. The van der Waals surface area contributed by atoms with Gasteiger partial charge in [0.25, 0.3) is 11.8 Å². The van der Waals surface area contributed by atoms with Gasteiger partial charge in [-0.15, -0.1) is 0 Å². The van der Waals surface area contributed by atoms with E-state index in [2.05, 4.69) is 29.6 Å². The Kier molecular flexibility index (Phi) is 2.70. The Morgan fingerprint density at radius 3 is 1.52 bits per heavy atom. The number of nitrogens with one attached hydrogen (secondary N) is 1. The molecule has 0 aliphatic carbocycles. The molecule has 2 amide bonds. The average molecular weight is 379 g/mol. The first-order valence-corrected chi connectivity index (χ1v) is 9.50. The summed E-state index contributed by atoms with van der Waals surface area (Å²) in [4.78, 5) is 35.6. The Morgan fingerprint density at radius 1 is 0.552 bits per heavy atom. The summed E-state index contributed by atoms with van der Waals surface area (Å²) in [5, 5.41) is 10.8. The van der Waals surface area contributed by atoms with E-state index in [9.17, 15) is 9.59 Å². The van der Waals surface area contributed by atoms with Crippen molar-refractivity contribution in [3.8, 4) is 0 Å². The molecule has 1 N–H and O–H groups in total. The number of fused-ring (bicyclic) bond motifs is 2. The van der Waals surface area contributed by atoms with Gasteiger partial charge in [0.1, 0.15) is 13.2 Å². The van der Waals surface area contributed by atoms with E-state index in [4.69, 9.17) is 9.78 Å². The predicted molar refractivity (Wildman–Crippen MR) is 109 cm³/mol.